The Labute approximate surface area is 103 Å². The maximum atomic E-state index is 12.9. The van der Waals surface area contributed by atoms with Gasteiger partial charge in [-0.05, 0) is 6.92 Å². The number of hydrogen-bond donors (Lipinski definition) is 0. The fourth-order valence-electron chi connectivity index (χ4n) is 1.94. The third kappa shape index (κ3) is 3.04. The van der Waals surface area contributed by atoms with Gasteiger partial charge in [0.1, 0.15) is 0 Å². The normalized spacial score (nSPS) is 25.4. The quantitative estimate of drug-likeness (QED) is 0.735. The molecule has 0 aromatic heterocycles. The monoisotopic (exact) mass is 273 g/mol. The van der Waals surface area contributed by atoms with E-state index >= 15 is 0 Å². The van der Waals surface area contributed by atoms with Crippen LogP contribution in [0.4, 0.5) is 13.2 Å². The first-order valence-corrected chi connectivity index (χ1v) is 5.94. The van der Waals surface area contributed by atoms with Crippen molar-refractivity contribution in [2.45, 2.75) is 31.5 Å². The zero-order valence-corrected chi connectivity index (χ0v) is 10.3. The lowest BCUT2D eigenvalue weighted by Gasteiger charge is -2.31. The fraction of sp³-hybridized carbons (Fsp3) is 0.900. The third-order valence-corrected chi connectivity index (χ3v) is 3.02. The van der Waals surface area contributed by atoms with Gasteiger partial charge >= 0.3 is 6.18 Å². The van der Waals surface area contributed by atoms with Crippen molar-refractivity contribution in [3.8, 4) is 0 Å². The lowest BCUT2D eigenvalue weighted by Crippen LogP contribution is -2.50. The Morgan fingerprint density at radius 1 is 1.53 bits per heavy atom. The number of halogens is 4. The van der Waals surface area contributed by atoms with Gasteiger partial charge in [-0.3, -0.25) is 4.79 Å². The van der Waals surface area contributed by atoms with Crippen LogP contribution in [0, 0.1) is 0 Å². The molecule has 100 valence electrons. The Kier molecular flexibility index (Phi) is 4.66. The van der Waals surface area contributed by atoms with Gasteiger partial charge in [-0.25, -0.2) is 0 Å². The summed E-state index contributed by atoms with van der Waals surface area (Å²) in [5.74, 6) is -0.242. The highest BCUT2D eigenvalue weighted by atomic mass is 35.5. The van der Waals surface area contributed by atoms with Gasteiger partial charge in [0, 0.05) is 31.9 Å². The van der Waals surface area contributed by atoms with E-state index in [1.165, 1.54) is 11.8 Å². The fourth-order valence-corrected chi connectivity index (χ4v) is 2.10. The number of rotatable bonds is 4. The summed E-state index contributed by atoms with van der Waals surface area (Å²) in [6.45, 7) is 1.11. The summed E-state index contributed by atoms with van der Waals surface area (Å²) >= 11 is 5.40. The molecule has 1 aliphatic rings. The highest BCUT2D eigenvalue weighted by Crippen LogP contribution is 2.40. The average molecular weight is 274 g/mol. The van der Waals surface area contributed by atoms with Crippen LogP contribution in [0.5, 0.6) is 0 Å². The molecule has 0 spiro atoms. The van der Waals surface area contributed by atoms with E-state index in [4.69, 9.17) is 16.3 Å². The molecular formula is C10H15ClF3NO2. The molecule has 1 atom stereocenters. The van der Waals surface area contributed by atoms with Crippen LogP contribution in [0.2, 0.25) is 0 Å². The minimum Gasteiger partial charge on any atom is -0.364 e. The molecule has 0 radical (unpaired) electrons. The highest BCUT2D eigenvalue weighted by molar-refractivity contribution is 6.18. The minimum absolute atomic E-state index is 0.0307. The predicted octanol–water partition coefficient (Wildman–Crippen LogP) is 2.19. The van der Waals surface area contributed by atoms with Gasteiger partial charge in [-0.15, -0.1) is 11.6 Å². The molecule has 0 saturated carbocycles. The number of carbonyl (C=O) groups excluding carboxylic acids is 1. The SMILES string of the molecule is CCO[C@]1(C(F)(F)F)CCN(C(=O)CCCl)C1. The number of amides is 1. The number of carbonyl (C=O) groups is 1. The molecule has 0 aliphatic carbocycles. The number of nitrogens with zero attached hydrogens (tertiary/aromatic N) is 1. The summed E-state index contributed by atoms with van der Waals surface area (Å²) in [4.78, 5) is 12.7. The van der Waals surface area contributed by atoms with Crippen molar-refractivity contribution in [2.75, 3.05) is 25.6 Å². The van der Waals surface area contributed by atoms with Crippen molar-refractivity contribution in [3.05, 3.63) is 0 Å². The average Bonchev–Trinajstić information content (AvgIpc) is 2.63. The number of ether oxygens (including phenoxy) is 1. The molecule has 0 aromatic carbocycles. The molecule has 0 aromatic rings. The molecule has 1 aliphatic heterocycles. The van der Waals surface area contributed by atoms with Crippen LogP contribution in [0.3, 0.4) is 0 Å². The van der Waals surface area contributed by atoms with Crippen molar-refractivity contribution in [1.82, 2.24) is 4.90 Å². The zero-order chi connectivity index (χ0) is 13.1. The topological polar surface area (TPSA) is 29.5 Å². The molecule has 7 heteroatoms. The smallest absolute Gasteiger partial charge is 0.364 e. The maximum Gasteiger partial charge on any atom is 0.419 e. The standard InChI is InChI=1S/C10H15ClF3NO2/c1-2-17-9(10(12,13)14)4-6-15(7-9)8(16)3-5-11/h2-7H2,1H3/t9-/m1/s1. The Morgan fingerprint density at radius 3 is 2.65 bits per heavy atom. The molecule has 1 fully saturated rings. The second kappa shape index (κ2) is 5.44. The minimum atomic E-state index is -4.46. The Balaban J connectivity index is 2.75. The van der Waals surface area contributed by atoms with E-state index in [0.717, 1.165) is 0 Å². The Bertz CT molecular complexity index is 285. The molecule has 0 unspecified atom stereocenters. The molecule has 1 heterocycles. The van der Waals surface area contributed by atoms with Crippen LogP contribution in [-0.4, -0.2) is 48.2 Å². The highest BCUT2D eigenvalue weighted by Gasteiger charge is 2.59. The lowest BCUT2D eigenvalue weighted by atomic mass is 10.0. The molecule has 17 heavy (non-hydrogen) atoms. The van der Waals surface area contributed by atoms with Crippen LogP contribution in [0.1, 0.15) is 19.8 Å². The lowest BCUT2D eigenvalue weighted by molar-refractivity contribution is -0.270. The summed E-state index contributed by atoms with van der Waals surface area (Å²) in [5, 5.41) is 0. The summed E-state index contributed by atoms with van der Waals surface area (Å²) < 4.78 is 43.7. The van der Waals surface area contributed by atoms with E-state index in [0.29, 0.717) is 0 Å². The Morgan fingerprint density at radius 2 is 2.18 bits per heavy atom. The Hall–Kier alpha value is -0.490. The van der Waals surface area contributed by atoms with E-state index in [1.54, 1.807) is 0 Å². The second-order valence-electron chi connectivity index (χ2n) is 3.93. The van der Waals surface area contributed by atoms with Gasteiger partial charge in [-0.2, -0.15) is 13.2 Å². The number of alkyl halides is 4. The molecular weight excluding hydrogens is 259 g/mol. The summed E-state index contributed by atoms with van der Waals surface area (Å²) in [6.07, 6.45) is -4.61. The largest absolute Gasteiger partial charge is 0.419 e. The third-order valence-electron chi connectivity index (χ3n) is 2.83. The van der Waals surface area contributed by atoms with Crippen molar-refractivity contribution < 1.29 is 22.7 Å². The van der Waals surface area contributed by atoms with E-state index < -0.39 is 18.3 Å². The predicted molar refractivity (Wildman–Crippen MR) is 56.9 cm³/mol. The second-order valence-corrected chi connectivity index (χ2v) is 4.31. The van der Waals surface area contributed by atoms with Crippen LogP contribution < -0.4 is 0 Å². The van der Waals surface area contributed by atoms with Crippen molar-refractivity contribution in [2.24, 2.45) is 0 Å². The van der Waals surface area contributed by atoms with Crippen LogP contribution in [-0.2, 0) is 9.53 Å². The van der Waals surface area contributed by atoms with Gasteiger partial charge in [0.2, 0.25) is 5.91 Å². The van der Waals surface area contributed by atoms with Gasteiger partial charge in [0.15, 0.2) is 5.60 Å². The van der Waals surface area contributed by atoms with Gasteiger partial charge < -0.3 is 9.64 Å². The van der Waals surface area contributed by atoms with Crippen molar-refractivity contribution >= 4 is 17.5 Å². The van der Waals surface area contributed by atoms with Gasteiger partial charge in [0.05, 0.1) is 6.54 Å². The summed E-state index contributed by atoms with van der Waals surface area (Å²) in [5.41, 5.74) is -2.20. The van der Waals surface area contributed by atoms with Crippen LogP contribution in [0.25, 0.3) is 0 Å². The van der Waals surface area contributed by atoms with Crippen LogP contribution in [0.15, 0.2) is 0 Å². The van der Waals surface area contributed by atoms with E-state index in [2.05, 4.69) is 0 Å². The van der Waals surface area contributed by atoms with Gasteiger partial charge in [-0.1, -0.05) is 0 Å². The summed E-state index contributed by atoms with van der Waals surface area (Å²) in [6, 6.07) is 0. The van der Waals surface area contributed by atoms with Gasteiger partial charge in [0.25, 0.3) is 0 Å². The molecule has 0 N–H and O–H groups in total. The molecule has 1 amide bonds. The maximum absolute atomic E-state index is 12.9. The van der Waals surface area contributed by atoms with E-state index in [1.807, 2.05) is 0 Å². The first kappa shape index (κ1) is 14.6. The van der Waals surface area contributed by atoms with E-state index in [-0.39, 0.29) is 37.8 Å². The van der Waals surface area contributed by atoms with Crippen LogP contribution >= 0.6 is 11.6 Å². The van der Waals surface area contributed by atoms with Crippen molar-refractivity contribution in [3.63, 3.8) is 0 Å². The first-order valence-electron chi connectivity index (χ1n) is 5.40. The molecule has 0 bridgehead atoms. The first-order chi connectivity index (χ1) is 7.86. The van der Waals surface area contributed by atoms with Crippen molar-refractivity contribution in [1.29, 1.82) is 0 Å². The molecule has 1 rings (SSSR count). The zero-order valence-electron chi connectivity index (χ0n) is 9.52. The molecule has 1 saturated heterocycles. The van der Waals surface area contributed by atoms with E-state index in [9.17, 15) is 18.0 Å². The molecule has 3 nitrogen and oxygen atoms in total. The number of likely N-dealkylation sites (tertiary alicyclic amines) is 1. The number of hydrogen-bond acceptors (Lipinski definition) is 2. The summed E-state index contributed by atoms with van der Waals surface area (Å²) in [7, 11) is 0.